The van der Waals surface area contributed by atoms with Crippen LogP contribution >= 0.6 is 0 Å². The summed E-state index contributed by atoms with van der Waals surface area (Å²) in [5.41, 5.74) is 2.28. The van der Waals surface area contributed by atoms with Gasteiger partial charge in [0.15, 0.2) is 11.5 Å². The van der Waals surface area contributed by atoms with Gasteiger partial charge in [-0.3, -0.25) is 0 Å². The van der Waals surface area contributed by atoms with Gasteiger partial charge in [0, 0.05) is 12.1 Å². The van der Waals surface area contributed by atoms with Gasteiger partial charge in [-0.25, -0.2) is 4.79 Å². The zero-order chi connectivity index (χ0) is 22.8. The first-order valence-electron chi connectivity index (χ1n) is 9.05. The van der Waals surface area contributed by atoms with E-state index in [2.05, 4.69) is 0 Å². The van der Waals surface area contributed by atoms with Crippen LogP contribution in [0.1, 0.15) is 16.7 Å². The molecule has 0 aromatic heterocycles. The zero-order valence-electron chi connectivity index (χ0n) is 16.6. The lowest BCUT2D eigenvalue weighted by Crippen LogP contribution is -1.87. The second-order valence-corrected chi connectivity index (χ2v) is 6.31. The molecule has 0 spiro atoms. The van der Waals surface area contributed by atoms with E-state index in [0.717, 1.165) is 11.6 Å². The first-order valence-corrected chi connectivity index (χ1v) is 9.05. The number of carboxylic acid groups (broad SMARTS) is 1. The van der Waals surface area contributed by atoms with Gasteiger partial charge in [0.05, 0.1) is 7.11 Å². The Morgan fingerprint density at radius 1 is 0.710 bits per heavy atom. The molecule has 0 aliphatic rings. The van der Waals surface area contributed by atoms with Crippen LogP contribution in [0, 0.1) is 0 Å². The van der Waals surface area contributed by atoms with Crippen LogP contribution in [-0.4, -0.2) is 38.6 Å². The highest BCUT2D eigenvalue weighted by molar-refractivity contribution is 5.85. The number of benzene rings is 3. The van der Waals surface area contributed by atoms with Crippen molar-refractivity contribution in [3.63, 3.8) is 0 Å². The SMILES string of the molecule is COc1cc(/C=C/C(=O)O)ccc1O.Oc1ccc(C=Cc2cc(O)cc(O)c2)cc1. The van der Waals surface area contributed by atoms with Crippen LogP contribution in [0.4, 0.5) is 0 Å². The maximum atomic E-state index is 10.2. The molecule has 0 fully saturated rings. The molecule has 3 rings (SSSR count). The minimum atomic E-state index is -1.02. The molecular weight excluding hydrogens is 400 g/mol. The molecule has 0 aliphatic carbocycles. The summed E-state index contributed by atoms with van der Waals surface area (Å²) >= 11 is 0. The second-order valence-electron chi connectivity index (χ2n) is 6.31. The third-order valence-electron chi connectivity index (χ3n) is 3.91. The normalized spacial score (nSPS) is 10.6. The number of carbonyl (C=O) groups is 1. The predicted molar refractivity (Wildman–Crippen MR) is 118 cm³/mol. The highest BCUT2D eigenvalue weighted by Gasteiger charge is 2.00. The van der Waals surface area contributed by atoms with Crippen LogP contribution in [0.3, 0.4) is 0 Å². The van der Waals surface area contributed by atoms with E-state index in [1.54, 1.807) is 54.6 Å². The summed E-state index contributed by atoms with van der Waals surface area (Å²) in [7, 11) is 1.43. The summed E-state index contributed by atoms with van der Waals surface area (Å²) in [5.74, 6) is -0.405. The van der Waals surface area contributed by atoms with Gasteiger partial charge in [0.25, 0.3) is 0 Å². The van der Waals surface area contributed by atoms with Crippen LogP contribution in [0.25, 0.3) is 18.2 Å². The number of carboxylic acids is 1. The van der Waals surface area contributed by atoms with Crippen molar-refractivity contribution in [1.82, 2.24) is 0 Å². The second kappa shape index (κ2) is 11.0. The third kappa shape index (κ3) is 7.86. The average Bonchev–Trinajstić information content (AvgIpc) is 2.72. The van der Waals surface area contributed by atoms with Crippen LogP contribution in [-0.2, 0) is 4.79 Å². The molecule has 0 saturated carbocycles. The summed E-state index contributed by atoms with van der Waals surface area (Å²) in [6, 6.07) is 15.7. The smallest absolute Gasteiger partial charge is 0.328 e. The van der Waals surface area contributed by atoms with E-state index in [1.807, 2.05) is 6.08 Å². The number of ether oxygens (including phenoxy) is 1. The first-order chi connectivity index (χ1) is 14.8. The maximum Gasteiger partial charge on any atom is 0.328 e. The van der Waals surface area contributed by atoms with E-state index >= 15 is 0 Å². The lowest BCUT2D eigenvalue weighted by atomic mass is 10.1. The number of hydrogen-bond donors (Lipinski definition) is 5. The summed E-state index contributed by atoms with van der Waals surface area (Å²) in [4.78, 5) is 10.2. The van der Waals surface area contributed by atoms with Crippen molar-refractivity contribution in [2.24, 2.45) is 0 Å². The quantitative estimate of drug-likeness (QED) is 0.303. The zero-order valence-corrected chi connectivity index (χ0v) is 16.6. The molecule has 3 aromatic rings. The van der Waals surface area contributed by atoms with Gasteiger partial charge in [-0.2, -0.15) is 0 Å². The molecule has 0 radical (unpaired) electrons. The van der Waals surface area contributed by atoms with Gasteiger partial charge in [0.2, 0.25) is 0 Å². The molecule has 160 valence electrons. The molecule has 7 nitrogen and oxygen atoms in total. The van der Waals surface area contributed by atoms with Crippen molar-refractivity contribution >= 4 is 24.2 Å². The molecular formula is C24H22O7. The van der Waals surface area contributed by atoms with Gasteiger partial charge in [-0.1, -0.05) is 30.4 Å². The summed E-state index contributed by atoms with van der Waals surface area (Å²) in [6.45, 7) is 0. The topological polar surface area (TPSA) is 127 Å². The van der Waals surface area contributed by atoms with E-state index in [0.29, 0.717) is 16.9 Å². The lowest BCUT2D eigenvalue weighted by Gasteiger charge is -2.03. The summed E-state index contributed by atoms with van der Waals surface area (Å²) < 4.78 is 4.86. The Morgan fingerprint density at radius 3 is 1.87 bits per heavy atom. The Bertz CT molecular complexity index is 1060. The lowest BCUT2D eigenvalue weighted by molar-refractivity contribution is -0.131. The van der Waals surface area contributed by atoms with Gasteiger partial charge >= 0.3 is 5.97 Å². The Morgan fingerprint density at radius 2 is 1.29 bits per heavy atom. The highest BCUT2D eigenvalue weighted by atomic mass is 16.5. The van der Waals surface area contributed by atoms with Gasteiger partial charge in [-0.05, 0) is 59.2 Å². The van der Waals surface area contributed by atoms with Gasteiger partial charge in [0.1, 0.15) is 17.2 Å². The number of phenolic OH excluding ortho intramolecular Hbond substituents is 4. The average molecular weight is 422 g/mol. The minimum absolute atomic E-state index is 0.0235. The Labute approximate surface area is 179 Å². The highest BCUT2D eigenvalue weighted by Crippen LogP contribution is 2.26. The first kappa shape index (κ1) is 22.9. The van der Waals surface area contributed by atoms with Gasteiger partial charge in [-0.15, -0.1) is 0 Å². The van der Waals surface area contributed by atoms with Crippen LogP contribution in [0.5, 0.6) is 28.7 Å². The van der Waals surface area contributed by atoms with E-state index in [-0.39, 0.29) is 23.0 Å². The molecule has 5 N–H and O–H groups in total. The molecule has 0 atom stereocenters. The molecule has 7 heteroatoms. The molecule has 0 amide bonds. The number of rotatable bonds is 5. The van der Waals surface area contributed by atoms with Crippen molar-refractivity contribution in [2.75, 3.05) is 7.11 Å². The standard InChI is InChI=1S/C14H12O3.C10H10O4/c15-12-5-3-10(4-6-12)1-2-11-7-13(16)9-14(17)8-11;1-14-9-6-7(2-4-8(9)11)3-5-10(12)13/h1-9,15-17H;2-6,11H,1H3,(H,12,13)/b;5-3+. The van der Waals surface area contributed by atoms with Crippen LogP contribution < -0.4 is 4.74 Å². The van der Waals surface area contributed by atoms with Crippen LogP contribution in [0.15, 0.2) is 66.7 Å². The number of hydrogen-bond acceptors (Lipinski definition) is 6. The molecule has 3 aromatic carbocycles. The fourth-order valence-corrected chi connectivity index (χ4v) is 2.46. The van der Waals surface area contributed by atoms with Crippen LogP contribution in [0.2, 0.25) is 0 Å². The van der Waals surface area contributed by atoms with Crippen molar-refractivity contribution in [2.45, 2.75) is 0 Å². The number of aliphatic carboxylic acids is 1. The third-order valence-corrected chi connectivity index (χ3v) is 3.91. The number of aromatic hydroxyl groups is 4. The van der Waals surface area contributed by atoms with Gasteiger partial charge < -0.3 is 30.3 Å². The predicted octanol–water partition coefficient (Wildman–Crippen LogP) is 4.47. The summed E-state index contributed by atoms with van der Waals surface area (Å²) in [5, 5.41) is 45.4. The van der Waals surface area contributed by atoms with E-state index in [4.69, 9.17) is 14.9 Å². The number of methoxy groups -OCH3 is 1. The van der Waals surface area contributed by atoms with Crippen molar-refractivity contribution in [1.29, 1.82) is 0 Å². The van der Waals surface area contributed by atoms with Crippen molar-refractivity contribution in [3.05, 3.63) is 83.4 Å². The van der Waals surface area contributed by atoms with E-state index < -0.39 is 5.97 Å². The molecule has 0 unspecified atom stereocenters. The fourth-order valence-electron chi connectivity index (χ4n) is 2.46. The number of phenols is 4. The molecule has 0 saturated heterocycles. The summed E-state index contributed by atoms with van der Waals surface area (Å²) in [6.07, 6.45) is 6.04. The molecule has 0 heterocycles. The Kier molecular flexibility index (Phi) is 8.10. The van der Waals surface area contributed by atoms with Crippen molar-refractivity contribution in [3.8, 4) is 28.7 Å². The molecule has 0 bridgehead atoms. The Hall–Kier alpha value is -4.39. The molecule has 31 heavy (non-hydrogen) atoms. The fraction of sp³-hybridized carbons (Fsp3) is 0.0417. The largest absolute Gasteiger partial charge is 0.508 e. The minimum Gasteiger partial charge on any atom is -0.508 e. The van der Waals surface area contributed by atoms with E-state index in [1.165, 1.54) is 25.3 Å². The van der Waals surface area contributed by atoms with E-state index in [9.17, 15) is 20.1 Å². The maximum absolute atomic E-state index is 10.2. The molecule has 0 aliphatic heterocycles. The Balaban J connectivity index is 0.000000225. The van der Waals surface area contributed by atoms with Crippen molar-refractivity contribution < 1.29 is 35.1 Å². The monoisotopic (exact) mass is 422 g/mol.